The summed E-state index contributed by atoms with van der Waals surface area (Å²) in [7, 11) is -4.09. The second-order valence-corrected chi connectivity index (χ2v) is 9.83. The van der Waals surface area contributed by atoms with Crippen molar-refractivity contribution in [3.8, 4) is 0 Å². The van der Waals surface area contributed by atoms with E-state index in [9.17, 15) is 17.6 Å². The first-order valence-corrected chi connectivity index (χ1v) is 12.4. The van der Waals surface area contributed by atoms with E-state index in [1.807, 2.05) is 30.5 Å². The number of nitrogens with zero attached hydrogens (tertiary/aromatic N) is 2. The summed E-state index contributed by atoms with van der Waals surface area (Å²) in [6.07, 6.45) is 2.61. The Balaban J connectivity index is 1.70. The number of carbonyl (C=O) groups excluding carboxylic acids is 1. The van der Waals surface area contributed by atoms with Gasteiger partial charge in [0.05, 0.1) is 10.6 Å². The molecule has 5 nitrogen and oxygen atoms in total. The van der Waals surface area contributed by atoms with Crippen LogP contribution in [0.3, 0.4) is 0 Å². The minimum absolute atomic E-state index is 0.0455. The molecular formula is C23H21FN2O3S2. The Morgan fingerprint density at radius 1 is 1.06 bits per heavy atom. The molecule has 0 aliphatic carbocycles. The van der Waals surface area contributed by atoms with Crippen molar-refractivity contribution in [2.24, 2.45) is 0 Å². The van der Waals surface area contributed by atoms with E-state index in [1.54, 1.807) is 17.0 Å². The summed E-state index contributed by atoms with van der Waals surface area (Å²) in [6.45, 7) is 0.0576. The molecule has 0 saturated heterocycles. The van der Waals surface area contributed by atoms with Gasteiger partial charge in [-0.15, -0.1) is 11.8 Å². The number of thioether (sulfide) groups is 1. The highest BCUT2D eigenvalue weighted by Gasteiger charge is 2.31. The van der Waals surface area contributed by atoms with Gasteiger partial charge in [-0.05, 0) is 66.8 Å². The lowest BCUT2D eigenvalue weighted by molar-refractivity contribution is -0.117. The maximum Gasteiger partial charge on any atom is 0.264 e. The monoisotopic (exact) mass is 456 g/mol. The van der Waals surface area contributed by atoms with Crippen molar-refractivity contribution in [1.82, 2.24) is 0 Å². The quantitative estimate of drug-likeness (QED) is 0.518. The minimum atomic E-state index is -4.09. The SMILES string of the molecule is CSc1ccc(S(=O)(=O)N(CC(=O)N2CCc3ccccc32)c2cccc(F)c2)cc1. The average Bonchev–Trinajstić information content (AvgIpc) is 3.21. The van der Waals surface area contributed by atoms with E-state index in [4.69, 9.17) is 0 Å². The number of para-hydroxylation sites is 1. The lowest BCUT2D eigenvalue weighted by atomic mass is 10.2. The summed E-state index contributed by atoms with van der Waals surface area (Å²) in [5.41, 5.74) is 1.94. The highest BCUT2D eigenvalue weighted by atomic mass is 32.2. The molecule has 1 aliphatic heterocycles. The van der Waals surface area contributed by atoms with Gasteiger partial charge in [-0.1, -0.05) is 24.3 Å². The minimum Gasteiger partial charge on any atom is -0.310 e. The van der Waals surface area contributed by atoms with Crippen molar-refractivity contribution in [2.45, 2.75) is 16.2 Å². The van der Waals surface area contributed by atoms with Crippen LogP contribution in [0.4, 0.5) is 15.8 Å². The molecule has 3 aromatic rings. The van der Waals surface area contributed by atoms with Crippen LogP contribution in [0.15, 0.2) is 82.6 Å². The van der Waals surface area contributed by atoms with Gasteiger partial charge in [0.1, 0.15) is 12.4 Å². The fourth-order valence-corrected chi connectivity index (χ4v) is 5.44. The van der Waals surface area contributed by atoms with Crippen LogP contribution in [0.5, 0.6) is 0 Å². The van der Waals surface area contributed by atoms with Crippen LogP contribution in [0.25, 0.3) is 0 Å². The largest absolute Gasteiger partial charge is 0.310 e. The van der Waals surface area contributed by atoms with Crippen molar-refractivity contribution >= 4 is 39.1 Å². The zero-order valence-corrected chi connectivity index (χ0v) is 18.5. The molecular weight excluding hydrogens is 435 g/mol. The Morgan fingerprint density at radius 2 is 1.81 bits per heavy atom. The van der Waals surface area contributed by atoms with Crippen LogP contribution < -0.4 is 9.21 Å². The molecule has 0 unspecified atom stereocenters. The van der Waals surface area contributed by atoms with E-state index in [2.05, 4.69) is 0 Å². The first kappa shape index (κ1) is 21.4. The van der Waals surface area contributed by atoms with Crippen LogP contribution >= 0.6 is 11.8 Å². The molecule has 1 heterocycles. The predicted molar refractivity (Wildman–Crippen MR) is 122 cm³/mol. The number of hydrogen-bond donors (Lipinski definition) is 0. The van der Waals surface area contributed by atoms with Crippen LogP contribution in [0.1, 0.15) is 5.56 Å². The molecule has 160 valence electrons. The fourth-order valence-electron chi connectivity index (χ4n) is 3.63. The predicted octanol–water partition coefficient (Wildman–Crippen LogP) is 4.33. The second kappa shape index (κ2) is 8.72. The summed E-state index contributed by atoms with van der Waals surface area (Å²) in [4.78, 5) is 15.7. The number of hydrogen-bond acceptors (Lipinski definition) is 4. The number of rotatable bonds is 6. The normalized spacial score (nSPS) is 13.2. The molecule has 4 rings (SSSR count). The molecule has 0 spiro atoms. The number of fused-ring (bicyclic) bond motifs is 1. The van der Waals surface area contributed by atoms with Crippen LogP contribution in [-0.4, -0.2) is 33.7 Å². The first-order valence-electron chi connectivity index (χ1n) is 9.71. The van der Waals surface area contributed by atoms with E-state index in [0.717, 1.165) is 26.5 Å². The summed E-state index contributed by atoms with van der Waals surface area (Å²) >= 11 is 1.50. The summed E-state index contributed by atoms with van der Waals surface area (Å²) in [6, 6.07) is 19.3. The molecule has 1 aliphatic rings. The summed E-state index contributed by atoms with van der Waals surface area (Å²) < 4.78 is 41.8. The van der Waals surface area contributed by atoms with Crippen molar-refractivity contribution in [1.29, 1.82) is 0 Å². The molecule has 0 aromatic heterocycles. The zero-order valence-electron chi connectivity index (χ0n) is 16.9. The molecule has 0 radical (unpaired) electrons. The fraction of sp³-hybridized carbons (Fsp3) is 0.174. The van der Waals surface area contributed by atoms with Gasteiger partial charge in [-0.2, -0.15) is 0 Å². The highest BCUT2D eigenvalue weighted by Crippen LogP contribution is 2.30. The number of halogens is 1. The van der Waals surface area contributed by atoms with Gasteiger partial charge in [0, 0.05) is 17.1 Å². The van der Waals surface area contributed by atoms with Gasteiger partial charge in [0.25, 0.3) is 10.0 Å². The van der Waals surface area contributed by atoms with E-state index in [-0.39, 0.29) is 16.5 Å². The summed E-state index contributed by atoms with van der Waals surface area (Å²) in [5.74, 6) is -0.937. The first-order chi connectivity index (χ1) is 14.9. The van der Waals surface area contributed by atoms with Gasteiger partial charge in [0.15, 0.2) is 0 Å². The Morgan fingerprint density at radius 3 is 2.52 bits per heavy atom. The van der Waals surface area contributed by atoms with Crippen LogP contribution in [0.2, 0.25) is 0 Å². The number of anilines is 2. The van der Waals surface area contributed by atoms with Gasteiger partial charge in [-0.25, -0.2) is 12.8 Å². The van der Waals surface area contributed by atoms with Crippen molar-refractivity contribution in [2.75, 3.05) is 28.6 Å². The maximum atomic E-state index is 13.9. The van der Waals surface area contributed by atoms with E-state index in [0.29, 0.717) is 13.0 Å². The number of benzene rings is 3. The smallest absolute Gasteiger partial charge is 0.264 e. The van der Waals surface area contributed by atoms with Crippen LogP contribution in [0, 0.1) is 5.82 Å². The lowest BCUT2D eigenvalue weighted by Gasteiger charge is -2.27. The molecule has 0 atom stereocenters. The molecule has 0 bridgehead atoms. The Bertz CT molecular complexity index is 1210. The lowest BCUT2D eigenvalue weighted by Crippen LogP contribution is -2.42. The van der Waals surface area contributed by atoms with Gasteiger partial charge in [0.2, 0.25) is 5.91 Å². The van der Waals surface area contributed by atoms with Gasteiger partial charge in [-0.3, -0.25) is 9.10 Å². The number of carbonyl (C=O) groups is 1. The Labute approximate surface area is 185 Å². The maximum absolute atomic E-state index is 13.9. The van der Waals surface area contributed by atoms with E-state index in [1.165, 1.54) is 42.1 Å². The van der Waals surface area contributed by atoms with E-state index < -0.39 is 22.4 Å². The third-order valence-electron chi connectivity index (χ3n) is 5.21. The standard InChI is InChI=1S/C23H21FN2O3S2/c1-30-20-9-11-21(12-10-20)31(28,29)26(19-7-4-6-18(24)15-19)16-23(27)25-14-13-17-5-2-3-8-22(17)25/h2-12,15H,13-14,16H2,1H3. The van der Waals surface area contributed by atoms with Gasteiger partial charge >= 0.3 is 0 Å². The Kier molecular flexibility index (Phi) is 6.02. The average molecular weight is 457 g/mol. The molecule has 8 heteroatoms. The third kappa shape index (κ3) is 4.31. The second-order valence-electron chi connectivity index (χ2n) is 7.09. The zero-order chi connectivity index (χ0) is 22.0. The molecule has 1 amide bonds. The Hall–Kier alpha value is -2.84. The molecule has 31 heavy (non-hydrogen) atoms. The van der Waals surface area contributed by atoms with E-state index >= 15 is 0 Å². The number of amides is 1. The van der Waals surface area contributed by atoms with Crippen LogP contribution in [-0.2, 0) is 21.2 Å². The van der Waals surface area contributed by atoms with Crippen molar-refractivity contribution in [3.63, 3.8) is 0 Å². The van der Waals surface area contributed by atoms with Gasteiger partial charge < -0.3 is 4.90 Å². The third-order valence-corrected chi connectivity index (χ3v) is 7.74. The molecule has 0 N–H and O–H groups in total. The van der Waals surface area contributed by atoms with Crippen molar-refractivity contribution < 1.29 is 17.6 Å². The summed E-state index contributed by atoms with van der Waals surface area (Å²) in [5, 5.41) is 0. The highest BCUT2D eigenvalue weighted by molar-refractivity contribution is 7.98. The molecule has 3 aromatic carbocycles. The molecule has 0 saturated carbocycles. The number of sulfonamides is 1. The topological polar surface area (TPSA) is 57.7 Å². The molecule has 0 fully saturated rings. The van der Waals surface area contributed by atoms with Crippen molar-refractivity contribution in [3.05, 3.63) is 84.2 Å².